The molecule has 3 heteroatoms. The van der Waals surface area contributed by atoms with Gasteiger partial charge in [0.1, 0.15) is 5.82 Å². The maximum absolute atomic E-state index is 13.4. The molecule has 0 unspecified atom stereocenters. The topological polar surface area (TPSA) is 20.3 Å². The van der Waals surface area contributed by atoms with E-state index >= 15 is 0 Å². The highest BCUT2D eigenvalue weighted by Gasteiger charge is 2.11. The highest BCUT2D eigenvalue weighted by atomic mass is 19.1. The first-order valence-electron chi connectivity index (χ1n) is 7.77. The predicted molar refractivity (Wildman–Crippen MR) is 79.5 cm³/mol. The number of nitrogens with zero attached hydrogens (tertiary/aromatic N) is 1. The molecule has 1 heterocycles. The van der Waals surface area contributed by atoms with Gasteiger partial charge in [0.05, 0.1) is 5.56 Å². The van der Waals surface area contributed by atoms with Crippen molar-refractivity contribution in [1.82, 2.24) is 4.90 Å². The molecule has 1 aromatic rings. The zero-order valence-corrected chi connectivity index (χ0v) is 12.1. The van der Waals surface area contributed by atoms with Crippen LogP contribution in [-0.2, 0) is 0 Å². The summed E-state index contributed by atoms with van der Waals surface area (Å²) in [6.45, 7) is 3.61. The van der Waals surface area contributed by atoms with Crippen molar-refractivity contribution < 1.29 is 9.18 Å². The fourth-order valence-electron chi connectivity index (χ4n) is 2.80. The van der Waals surface area contributed by atoms with Gasteiger partial charge in [0.2, 0.25) is 0 Å². The van der Waals surface area contributed by atoms with Gasteiger partial charge >= 0.3 is 0 Å². The summed E-state index contributed by atoms with van der Waals surface area (Å²) in [6, 6.07) is 6.26. The zero-order chi connectivity index (χ0) is 14.2. The third kappa shape index (κ3) is 4.71. The van der Waals surface area contributed by atoms with Gasteiger partial charge in [-0.1, -0.05) is 25.0 Å². The van der Waals surface area contributed by atoms with E-state index in [-0.39, 0.29) is 11.3 Å². The van der Waals surface area contributed by atoms with Crippen LogP contribution in [-0.4, -0.2) is 30.3 Å². The summed E-state index contributed by atoms with van der Waals surface area (Å²) in [5.41, 5.74) is 0.239. The van der Waals surface area contributed by atoms with Crippen molar-refractivity contribution in [3.63, 3.8) is 0 Å². The number of benzene rings is 1. The monoisotopic (exact) mass is 277 g/mol. The molecule has 0 atom stereocenters. The van der Waals surface area contributed by atoms with Gasteiger partial charge in [-0.05, 0) is 57.5 Å². The lowest BCUT2D eigenvalue weighted by Crippen LogP contribution is -2.30. The summed E-state index contributed by atoms with van der Waals surface area (Å²) < 4.78 is 13.4. The van der Waals surface area contributed by atoms with Gasteiger partial charge in [0.25, 0.3) is 0 Å². The number of hydrogen-bond donors (Lipinski definition) is 0. The SMILES string of the molecule is O=C(CCCCCN1CCCCC1)c1ccccc1F. The first-order valence-corrected chi connectivity index (χ1v) is 7.77. The van der Waals surface area contributed by atoms with Crippen molar-refractivity contribution in [2.75, 3.05) is 19.6 Å². The Bertz CT molecular complexity index is 427. The quantitative estimate of drug-likeness (QED) is 0.553. The minimum atomic E-state index is -0.397. The normalized spacial score (nSPS) is 16.2. The smallest absolute Gasteiger partial charge is 0.165 e. The Morgan fingerprint density at radius 1 is 1.05 bits per heavy atom. The second-order valence-electron chi connectivity index (χ2n) is 5.62. The van der Waals surface area contributed by atoms with Crippen LogP contribution in [0.3, 0.4) is 0 Å². The number of halogens is 1. The lowest BCUT2D eigenvalue weighted by Gasteiger charge is -2.26. The van der Waals surface area contributed by atoms with Gasteiger partial charge < -0.3 is 4.90 Å². The highest BCUT2D eigenvalue weighted by molar-refractivity contribution is 5.96. The summed E-state index contributed by atoms with van der Waals surface area (Å²) in [5, 5.41) is 0. The lowest BCUT2D eigenvalue weighted by atomic mass is 10.0. The summed E-state index contributed by atoms with van der Waals surface area (Å²) in [5.74, 6) is -0.466. The predicted octanol–water partition coefficient (Wildman–Crippen LogP) is 4.05. The Balaban J connectivity index is 1.61. The van der Waals surface area contributed by atoms with E-state index in [0.29, 0.717) is 6.42 Å². The number of piperidine rings is 1. The molecule has 0 aliphatic carbocycles. The number of carbonyl (C=O) groups excluding carboxylic acids is 1. The summed E-state index contributed by atoms with van der Waals surface area (Å²) in [7, 11) is 0. The molecule has 0 aromatic heterocycles. The lowest BCUT2D eigenvalue weighted by molar-refractivity contribution is 0.0974. The molecule has 1 saturated heterocycles. The Hall–Kier alpha value is -1.22. The molecule has 0 radical (unpaired) electrons. The first kappa shape index (κ1) is 15.2. The van der Waals surface area contributed by atoms with Gasteiger partial charge in [-0.25, -0.2) is 4.39 Å². The Morgan fingerprint density at radius 3 is 2.55 bits per heavy atom. The van der Waals surface area contributed by atoms with E-state index in [1.54, 1.807) is 18.2 Å². The van der Waals surface area contributed by atoms with Crippen LogP contribution in [0.5, 0.6) is 0 Å². The molecule has 0 amide bonds. The van der Waals surface area contributed by atoms with Gasteiger partial charge in [-0.3, -0.25) is 4.79 Å². The average molecular weight is 277 g/mol. The summed E-state index contributed by atoms with van der Waals surface area (Å²) >= 11 is 0. The number of hydrogen-bond acceptors (Lipinski definition) is 2. The molecular weight excluding hydrogens is 253 g/mol. The van der Waals surface area contributed by atoms with Crippen molar-refractivity contribution in [1.29, 1.82) is 0 Å². The highest BCUT2D eigenvalue weighted by Crippen LogP contribution is 2.13. The molecule has 20 heavy (non-hydrogen) atoms. The number of Topliss-reactive ketones (excluding diaryl/α,β-unsaturated/α-hetero) is 1. The van der Waals surface area contributed by atoms with Crippen LogP contribution in [0.2, 0.25) is 0 Å². The van der Waals surface area contributed by atoms with Crippen LogP contribution < -0.4 is 0 Å². The first-order chi connectivity index (χ1) is 9.77. The summed E-state index contributed by atoms with van der Waals surface area (Å²) in [4.78, 5) is 14.4. The van der Waals surface area contributed by atoms with Crippen LogP contribution in [0.4, 0.5) is 4.39 Å². The van der Waals surface area contributed by atoms with Gasteiger partial charge in [-0.2, -0.15) is 0 Å². The van der Waals surface area contributed by atoms with Crippen LogP contribution >= 0.6 is 0 Å². The maximum Gasteiger partial charge on any atom is 0.165 e. The molecule has 1 aliphatic rings. The number of carbonyl (C=O) groups is 1. The second kappa shape index (κ2) is 8.15. The second-order valence-corrected chi connectivity index (χ2v) is 5.62. The van der Waals surface area contributed by atoms with E-state index in [4.69, 9.17) is 0 Å². The van der Waals surface area contributed by atoms with E-state index in [2.05, 4.69) is 4.90 Å². The summed E-state index contributed by atoms with van der Waals surface area (Å²) in [6.07, 6.45) is 7.54. The van der Waals surface area contributed by atoms with Gasteiger partial charge in [0.15, 0.2) is 5.78 Å². The maximum atomic E-state index is 13.4. The largest absolute Gasteiger partial charge is 0.303 e. The third-order valence-electron chi connectivity index (χ3n) is 4.00. The van der Waals surface area contributed by atoms with Crippen molar-refractivity contribution in [3.8, 4) is 0 Å². The molecule has 2 rings (SSSR count). The molecule has 0 spiro atoms. The Morgan fingerprint density at radius 2 is 1.80 bits per heavy atom. The van der Waals surface area contributed by atoms with Crippen molar-refractivity contribution in [3.05, 3.63) is 35.6 Å². The van der Waals surface area contributed by atoms with Crippen molar-refractivity contribution in [2.45, 2.75) is 44.9 Å². The van der Waals surface area contributed by atoms with E-state index in [1.807, 2.05) is 0 Å². The minimum absolute atomic E-state index is 0.0685. The molecule has 2 nitrogen and oxygen atoms in total. The average Bonchev–Trinajstić information content (AvgIpc) is 2.48. The number of likely N-dealkylation sites (tertiary alicyclic amines) is 1. The fraction of sp³-hybridized carbons (Fsp3) is 0.588. The van der Waals surface area contributed by atoms with Crippen molar-refractivity contribution in [2.24, 2.45) is 0 Å². The molecule has 1 aromatic carbocycles. The Labute approximate surface area is 121 Å². The number of rotatable bonds is 7. The standard InChI is InChI=1S/C17H24FNO/c18-16-10-5-4-9-15(16)17(20)11-3-1-6-12-19-13-7-2-8-14-19/h4-5,9-10H,1-3,6-8,11-14H2. The molecule has 1 fully saturated rings. The third-order valence-corrected chi connectivity index (χ3v) is 4.00. The van der Waals surface area contributed by atoms with E-state index in [0.717, 1.165) is 25.8 Å². The molecule has 0 bridgehead atoms. The van der Waals surface area contributed by atoms with Crippen LogP contribution in [0.15, 0.2) is 24.3 Å². The number of ketones is 1. The van der Waals surface area contributed by atoms with E-state index < -0.39 is 5.82 Å². The van der Waals surface area contributed by atoms with Crippen LogP contribution in [0, 0.1) is 5.82 Å². The van der Waals surface area contributed by atoms with Crippen molar-refractivity contribution >= 4 is 5.78 Å². The van der Waals surface area contributed by atoms with E-state index in [9.17, 15) is 9.18 Å². The minimum Gasteiger partial charge on any atom is -0.303 e. The van der Waals surface area contributed by atoms with Gasteiger partial charge in [-0.15, -0.1) is 0 Å². The van der Waals surface area contributed by atoms with E-state index in [1.165, 1.54) is 38.4 Å². The Kier molecular flexibility index (Phi) is 6.19. The fourth-order valence-corrected chi connectivity index (χ4v) is 2.80. The molecule has 1 aliphatic heterocycles. The molecule has 0 N–H and O–H groups in total. The molecule has 110 valence electrons. The molecule has 0 saturated carbocycles. The van der Waals surface area contributed by atoms with Gasteiger partial charge in [0, 0.05) is 6.42 Å². The van der Waals surface area contributed by atoms with Crippen LogP contribution in [0.25, 0.3) is 0 Å². The zero-order valence-electron chi connectivity index (χ0n) is 12.1. The molecular formula is C17H24FNO. The van der Waals surface area contributed by atoms with Crippen LogP contribution in [0.1, 0.15) is 55.3 Å². The number of unbranched alkanes of at least 4 members (excludes halogenated alkanes) is 2.